The topological polar surface area (TPSA) is 87.6 Å². The van der Waals surface area contributed by atoms with E-state index in [2.05, 4.69) is 4.98 Å². The molecule has 0 spiro atoms. The number of aromatic nitrogens is 1. The highest BCUT2D eigenvalue weighted by molar-refractivity contribution is 7.89. The molecule has 1 N–H and O–H groups in total. The van der Waals surface area contributed by atoms with Crippen molar-refractivity contribution in [1.82, 2.24) is 9.29 Å². The number of carbonyl (C=O) groups is 1. The van der Waals surface area contributed by atoms with E-state index in [1.165, 1.54) is 12.3 Å². The average molecular weight is 290 g/mol. The Hall–Kier alpha value is -1.54. The molecule has 0 radical (unpaired) electrons. The number of hydrogen-bond acceptors (Lipinski definition) is 4. The summed E-state index contributed by atoms with van der Waals surface area (Å²) < 4.78 is 38.9. The maximum Gasteiger partial charge on any atom is 0.304 e. The van der Waals surface area contributed by atoms with Crippen molar-refractivity contribution in [2.45, 2.75) is 31.3 Å². The second-order valence-electron chi connectivity index (χ2n) is 4.14. The molecule has 0 atom stereocenters. The first-order valence-electron chi connectivity index (χ1n) is 5.61. The summed E-state index contributed by atoms with van der Waals surface area (Å²) in [7, 11) is -4.14. The Morgan fingerprint density at radius 1 is 1.53 bits per heavy atom. The Kier molecular flexibility index (Phi) is 4.96. The molecule has 0 bridgehead atoms. The molecule has 0 amide bonds. The Labute approximate surface area is 110 Å². The number of sulfonamides is 1. The van der Waals surface area contributed by atoms with Gasteiger partial charge >= 0.3 is 5.97 Å². The third kappa shape index (κ3) is 3.71. The number of nitrogens with zero attached hydrogens (tertiary/aromatic N) is 2. The highest BCUT2D eigenvalue weighted by Gasteiger charge is 2.30. The highest BCUT2D eigenvalue weighted by atomic mass is 32.2. The number of pyridine rings is 1. The van der Waals surface area contributed by atoms with Crippen LogP contribution in [-0.4, -0.2) is 41.4 Å². The van der Waals surface area contributed by atoms with E-state index in [4.69, 9.17) is 5.11 Å². The Bertz CT molecular complexity index is 560. The summed E-state index contributed by atoms with van der Waals surface area (Å²) in [5, 5.41) is 7.94. The lowest BCUT2D eigenvalue weighted by Gasteiger charge is -2.24. The van der Waals surface area contributed by atoms with Gasteiger partial charge in [-0.05, 0) is 26.0 Å². The van der Waals surface area contributed by atoms with Crippen molar-refractivity contribution in [3.8, 4) is 0 Å². The van der Waals surface area contributed by atoms with E-state index < -0.39 is 32.9 Å². The molecular formula is C11H15FN2O4S. The number of carboxylic acids is 1. The van der Waals surface area contributed by atoms with Gasteiger partial charge in [0.15, 0.2) is 5.82 Å². The second-order valence-corrected chi connectivity index (χ2v) is 5.95. The van der Waals surface area contributed by atoms with Crippen molar-refractivity contribution in [3.63, 3.8) is 0 Å². The van der Waals surface area contributed by atoms with Crippen LogP contribution in [0.15, 0.2) is 23.4 Å². The fourth-order valence-electron chi connectivity index (χ4n) is 1.53. The van der Waals surface area contributed by atoms with Gasteiger partial charge in [-0.3, -0.25) is 4.79 Å². The molecule has 0 fully saturated rings. The van der Waals surface area contributed by atoms with Crippen LogP contribution in [0, 0.1) is 5.82 Å². The van der Waals surface area contributed by atoms with Crippen LogP contribution < -0.4 is 0 Å². The minimum Gasteiger partial charge on any atom is -0.481 e. The standard InChI is InChI=1S/C11H15FN2O4S/c1-8(2)14(7-5-10(15)16)19(17,18)11-9(12)4-3-6-13-11/h3-4,6,8H,5,7H2,1-2H3,(H,15,16). The van der Waals surface area contributed by atoms with E-state index in [1.54, 1.807) is 13.8 Å². The van der Waals surface area contributed by atoms with Crippen LogP contribution in [0.2, 0.25) is 0 Å². The first-order valence-corrected chi connectivity index (χ1v) is 7.05. The van der Waals surface area contributed by atoms with E-state index in [0.717, 1.165) is 10.4 Å². The maximum absolute atomic E-state index is 13.5. The largest absolute Gasteiger partial charge is 0.481 e. The maximum atomic E-state index is 13.5. The first kappa shape index (κ1) is 15.5. The molecule has 0 aliphatic carbocycles. The first-order chi connectivity index (χ1) is 8.76. The molecule has 0 unspecified atom stereocenters. The smallest absolute Gasteiger partial charge is 0.304 e. The van der Waals surface area contributed by atoms with Crippen molar-refractivity contribution in [2.24, 2.45) is 0 Å². The molecular weight excluding hydrogens is 275 g/mol. The molecule has 106 valence electrons. The molecule has 0 saturated heterocycles. The van der Waals surface area contributed by atoms with Gasteiger partial charge in [-0.25, -0.2) is 17.8 Å². The fraction of sp³-hybridized carbons (Fsp3) is 0.455. The van der Waals surface area contributed by atoms with Crippen LogP contribution in [0.5, 0.6) is 0 Å². The van der Waals surface area contributed by atoms with Crippen molar-refractivity contribution < 1.29 is 22.7 Å². The molecule has 0 saturated carbocycles. The SMILES string of the molecule is CC(C)N(CCC(=O)O)S(=O)(=O)c1ncccc1F. The molecule has 1 aromatic rings. The minimum absolute atomic E-state index is 0.231. The van der Waals surface area contributed by atoms with Gasteiger partial charge in [-0.15, -0.1) is 0 Å². The zero-order valence-corrected chi connectivity index (χ0v) is 11.4. The number of aliphatic carboxylic acids is 1. The van der Waals surface area contributed by atoms with Crippen LogP contribution >= 0.6 is 0 Å². The number of hydrogen-bond donors (Lipinski definition) is 1. The predicted molar refractivity (Wildman–Crippen MR) is 65.5 cm³/mol. The molecule has 6 nitrogen and oxygen atoms in total. The van der Waals surface area contributed by atoms with Crippen molar-refractivity contribution in [1.29, 1.82) is 0 Å². The van der Waals surface area contributed by atoms with E-state index in [0.29, 0.717) is 0 Å². The van der Waals surface area contributed by atoms with Gasteiger partial charge in [0, 0.05) is 18.8 Å². The van der Waals surface area contributed by atoms with Crippen molar-refractivity contribution >= 4 is 16.0 Å². The quantitative estimate of drug-likeness (QED) is 0.847. The lowest BCUT2D eigenvalue weighted by molar-refractivity contribution is -0.137. The van der Waals surface area contributed by atoms with Gasteiger partial charge in [0.05, 0.1) is 6.42 Å². The summed E-state index contributed by atoms with van der Waals surface area (Å²) in [6, 6.07) is 1.78. The predicted octanol–water partition coefficient (Wildman–Crippen LogP) is 1.09. The van der Waals surface area contributed by atoms with Gasteiger partial charge in [-0.1, -0.05) is 0 Å². The second kappa shape index (κ2) is 6.07. The number of halogens is 1. The van der Waals surface area contributed by atoms with Gasteiger partial charge in [0.2, 0.25) is 5.03 Å². The zero-order chi connectivity index (χ0) is 14.6. The summed E-state index contributed by atoms with van der Waals surface area (Å²) in [5.74, 6) is -2.08. The van der Waals surface area contributed by atoms with Crippen LogP contribution in [0.1, 0.15) is 20.3 Å². The fourth-order valence-corrected chi connectivity index (χ4v) is 3.15. The monoisotopic (exact) mass is 290 g/mol. The van der Waals surface area contributed by atoms with E-state index >= 15 is 0 Å². The van der Waals surface area contributed by atoms with Crippen LogP contribution in [-0.2, 0) is 14.8 Å². The lowest BCUT2D eigenvalue weighted by atomic mass is 10.3. The molecule has 0 aromatic carbocycles. The molecule has 19 heavy (non-hydrogen) atoms. The highest BCUT2D eigenvalue weighted by Crippen LogP contribution is 2.19. The number of rotatable bonds is 6. The lowest BCUT2D eigenvalue weighted by Crippen LogP contribution is -2.39. The average Bonchev–Trinajstić information content (AvgIpc) is 2.28. The van der Waals surface area contributed by atoms with Gasteiger partial charge in [0.1, 0.15) is 0 Å². The van der Waals surface area contributed by atoms with Gasteiger partial charge in [0.25, 0.3) is 10.0 Å². The third-order valence-corrected chi connectivity index (χ3v) is 4.41. The van der Waals surface area contributed by atoms with Crippen LogP contribution in [0.4, 0.5) is 4.39 Å². The summed E-state index contributed by atoms with van der Waals surface area (Å²) in [5.41, 5.74) is 0. The van der Waals surface area contributed by atoms with Gasteiger partial charge < -0.3 is 5.11 Å². The summed E-state index contributed by atoms with van der Waals surface area (Å²) in [4.78, 5) is 14.1. The normalized spacial score (nSPS) is 12.1. The molecule has 1 rings (SSSR count). The molecule has 1 aromatic heterocycles. The Morgan fingerprint density at radius 3 is 2.63 bits per heavy atom. The zero-order valence-electron chi connectivity index (χ0n) is 10.6. The summed E-state index contributed by atoms with van der Waals surface area (Å²) >= 11 is 0. The summed E-state index contributed by atoms with van der Waals surface area (Å²) in [6.45, 7) is 2.94. The molecule has 0 aliphatic heterocycles. The molecule has 8 heteroatoms. The van der Waals surface area contributed by atoms with E-state index in [9.17, 15) is 17.6 Å². The summed E-state index contributed by atoms with van der Waals surface area (Å²) in [6.07, 6.45) is 0.817. The molecule has 0 aliphatic rings. The Balaban J connectivity index is 3.14. The van der Waals surface area contributed by atoms with E-state index in [1.807, 2.05) is 0 Å². The third-order valence-electron chi connectivity index (χ3n) is 2.40. The van der Waals surface area contributed by atoms with E-state index in [-0.39, 0.29) is 13.0 Å². The molecule has 1 heterocycles. The Morgan fingerprint density at radius 2 is 2.16 bits per heavy atom. The van der Waals surface area contributed by atoms with Crippen molar-refractivity contribution in [3.05, 3.63) is 24.1 Å². The number of carboxylic acid groups (broad SMARTS) is 1. The van der Waals surface area contributed by atoms with Crippen LogP contribution in [0.25, 0.3) is 0 Å². The van der Waals surface area contributed by atoms with Gasteiger partial charge in [-0.2, -0.15) is 4.31 Å². The van der Waals surface area contributed by atoms with Crippen LogP contribution in [0.3, 0.4) is 0 Å². The van der Waals surface area contributed by atoms with Crippen molar-refractivity contribution in [2.75, 3.05) is 6.54 Å². The minimum atomic E-state index is -4.14.